The molecule has 1 aromatic rings. The van der Waals surface area contributed by atoms with Gasteiger partial charge >= 0.3 is 0 Å². The first kappa shape index (κ1) is 12.9. The van der Waals surface area contributed by atoms with E-state index in [4.69, 9.17) is 0 Å². The summed E-state index contributed by atoms with van der Waals surface area (Å²) in [6.07, 6.45) is 0.808. The predicted molar refractivity (Wildman–Crippen MR) is 64.9 cm³/mol. The summed E-state index contributed by atoms with van der Waals surface area (Å²) < 4.78 is 27.8. The van der Waals surface area contributed by atoms with Crippen LogP contribution in [0.2, 0.25) is 0 Å². The van der Waals surface area contributed by atoms with E-state index in [1.165, 1.54) is 8.99 Å². The molecule has 2 heterocycles. The van der Waals surface area contributed by atoms with Crippen molar-refractivity contribution in [2.75, 3.05) is 26.2 Å². The van der Waals surface area contributed by atoms with Gasteiger partial charge in [0.25, 0.3) is 10.0 Å². The van der Waals surface area contributed by atoms with E-state index in [9.17, 15) is 8.42 Å². The zero-order chi connectivity index (χ0) is 12.5. The molecule has 0 amide bonds. The molecule has 2 rings (SSSR count). The van der Waals surface area contributed by atoms with Crippen LogP contribution in [0, 0.1) is 0 Å². The number of hydrogen-bond donors (Lipinski definition) is 1. The normalized spacial score (nSPS) is 19.2. The Kier molecular flexibility index (Phi) is 3.81. The van der Waals surface area contributed by atoms with Gasteiger partial charge in [-0.1, -0.05) is 5.21 Å². The van der Waals surface area contributed by atoms with E-state index in [2.05, 4.69) is 31.6 Å². The molecule has 1 aromatic heterocycles. The zero-order valence-corrected chi connectivity index (χ0v) is 11.8. The number of nitrogens with zero attached hydrogens (tertiary/aromatic N) is 4. The van der Waals surface area contributed by atoms with Crippen LogP contribution in [0.1, 0.15) is 6.42 Å². The monoisotopic (exact) mass is 323 g/mol. The van der Waals surface area contributed by atoms with Crippen LogP contribution in [0.25, 0.3) is 0 Å². The van der Waals surface area contributed by atoms with Crippen LogP contribution in [0.4, 0.5) is 0 Å². The molecule has 96 valence electrons. The molecule has 1 aliphatic rings. The van der Waals surface area contributed by atoms with Crippen molar-refractivity contribution >= 4 is 26.0 Å². The van der Waals surface area contributed by atoms with Gasteiger partial charge in [-0.05, 0) is 28.9 Å². The summed E-state index contributed by atoms with van der Waals surface area (Å²) in [6.45, 7) is 2.51. The number of aryl methyl sites for hydroxylation is 1. The molecule has 0 aliphatic carbocycles. The third-order valence-electron chi connectivity index (χ3n) is 2.62. The summed E-state index contributed by atoms with van der Waals surface area (Å²) >= 11 is 3.12. The van der Waals surface area contributed by atoms with Crippen molar-refractivity contribution in [1.29, 1.82) is 0 Å². The van der Waals surface area contributed by atoms with Crippen molar-refractivity contribution in [2.45, 2.75) is 11.4 Å². The molecule has 1 N–H and O–H groups in total. The Hall–Kier alpha value is -0.510. The molecule has 0 atom stereocenters. The highest BCUT2D eigenvalue weighted by Gasteiger charge is 2.31. The van der Waals surface area contributed by atoms with Crippen molar-refractivity contribution in [3.8, 4) is 0 Å². The SMILES string of the molecule is Cn1nnc(Br)c1S(=O)(=O)N1CCCNCC1. The Morgan fingerprint density at radius 1 is 1.35 bits per heavy atom. The molecule has 7 nitrogen and oxygen atoms in total. The van der Waals surface area contributed by atoms with E-state index >= 15 is 0 Å². The van der Waals surface area contributed by atoms with Gasteiger partial charge in [0.2, 0.25) is 5.03 Å². The summed E-state index contributed by atoms with van der Waals surface area (Å²) in [7, 11) is -1.95. The molecule has 0 bridgehead atoms. The number of aromatic nitrogens is 3. The Labute approximate surface area is 108 Å². The first-order valence-corrected chi connectivity index (χ1v) is 7.53. The van der Waals surface area contributed by atoms with Gasteiger partial charge < -0.3 is 5.32 Å². The predicted octanol–water partition coefficient (Wildman–Crippen LogP) is -0.438. The van der Waals surface area contributed by atoms with Gasteiger partial charge in [0, 0.05) is 26.7 Å². The van der Waals surface area contributed by atoms with E-state index in [0.717, 1.165) is 13.0 Å². The highest BCUT2D eigenvalue weighted by Crippen LogP contribution is 2.22. The van der Waals surface area contributed by atoms with Crippen LogP contribution >= 0.6 is 15.9 Å². The number of nitrogens with one attached hydrogen (secondary N) is 1. The molecule has 0 spiro atoms. The molecule has 1 saturated heterocycles. The largest absolute Gasteiger partial charge is 0.315 e. The van der Waals surface area contributed by atoms with Crippen molar-refractivity contribution in [3.63, 3.8) is 0 Å². The lowest BCUT2D eigenvalue weighted by molar-refractivity contribution is 0.424. The minimum Gasteiger partial charge on any atom is -0.315 e. The van der Waals surface area contributed by atoms with E-state index in [1.54, 1.807) is 7.05 Å². The first-order chi connectivity index (χ1) is 8.03. The van der Waals surface area contributed by atoms with E-state index in [1.807, 2.05) is 0 Å². The van der Waals surface area contributed by atoms with E-state index < -0.39 is 10.0 Å². The van der Waals surface area contributed by atoms with E-state index in [0.29, 0.717) is 19.6 Å². The average molecular weight is 324 g/mol. The van der Waals surface area contributed by atoms with Crippen LogP contribution in [0.15, 0.2) is 9.63 Å². The van der Waals surface area contributed by atoms with Crippen molar-refractivity contribution in [3.05, 3.63) is 4.60 Å². The maximum absolute atomic E-state index is 12.4. The Morgan fingerprint density at radius 2 is 2.12 bits per heavy atom. The van der Waals surface area contributed by atoms with Gasteiger partial charge in [0.05, 0.1) is 0 Å². The van der Waals surface area contributed by atoms with Crippen LogP contribution in [0.5, 0.6) is 0 Å². The number of halogens is 1. The topological polar surface area (TPSA) is 80.1 Å². The van der Waals surface area contributed by atoms with Crippen molar-refractivity contribution in [2.24, 2.45) is 7.05 Å². The lowest BCUT2D eigenvalue weighted by atomic mass is 10.4. The summed E-state index contributed by atoms with van der Waals surface area (Å²) in [5.41, 5.74) is 0. The average Bonchev–Trinajstić information content (AvgIpc) is 2.53. The molecule has 9 heteroatoms. The molecular weight excluding hydrogens is 310 g/mol. The van der Waals surface area contributed by atoms with Gasteiger partial charge in [-0.25, -0.2) is 13.1 Å². The minimum absolute atomic E-state index is 0.111. The van der Waals surface area contributed by atoms with Crippen molar-refractivity contribution in [1.82, 2.24) is 24.6 Å². The smallest absolute Gasteiger partial charge is 0.263 e. The molecular formula is C8H14BrN5O2S. The molecule has 0 saturated carbocycles. The molecule has 17 heavy (non-hydrogen) atoms. The summed E-state index contributed by atoms with van der Waals surface area (Å²) in [4.78, 5) is 0. The lowest BCUT2D eigenvalue weighted by Gasteiger charge is -2.19. The molecule has 1 aliphatic heterocycles. The van der Waals surface area contributed by atoms with Crippen LogP contribution in [-0.2, 0) is 17.1 Å². The quantitative estimate of drug-likeness (QED) is 0.798. The number of hydrogen-bond acceptors (Lipinski definition) is 5. The van der Waals surface area contributed by atoms with Crippen LogP contribution < -0.4 is 5.32 Å². The standard InChI is InChI=1S/C8H14BrN5O2S/c1-13-8(7(9)11-12-13)17(15,16)14-5-2-3-10-4-6-14/h10H,2-6H2,1H3. The minimum atomic E-state index is -3.52. The van der Waals surface area contributed by atoms with Crippen molar-refractivity contribution < 1.29 is 8.42 Å². The third-order valence-corrected chi connectivity index (χ3v) is 5.41. The van der Waals surface area contributed by atoms with Crippen LogP contribution in [0.3, 0.4) is 0 Å². The molecule has 1 fully saturated rings. The fraction of sp³-hybridized carbons (Fsp3) is 0.750. The molecule has 0 radical (unpaired) electrons. The Balaban J connectivity index is 2.35. The van der Waals surface area contributed by atoms with Gasteiger partial charge in [-0.3, -0.25) is 0 Å². The molecule has 0 unspecified atom stereocenters. The fourth-order valence-corrected chi connectivity index (χ4v) is 4.29. The third kappa shape index (κ3) is 2.51. The van der Waals surface area contributed by atoms with Gasteiger partial charge in [0.1, 0.15) is 0 Å². The number of rotatable bonds is 2. The first-order valence-electron chi connectivity index (χ1n) is 5.29. The van der Waals surface area contributed by atoms with Crippen LogP contribution in [-0.4, -0.2) is 53.9 Å². The maximum atomic E-state index is 12.4. The summed E-state index contributed by atoms with van der Waals surface area (Å²) in [5.74, 6) is 0. The lowest BCUT2D eigenvalue weighted by Crippen LogP contribution is -2.35. The van der Waals surface area contributed by atoms with Gasteiger partial charge in [-0.2, -0.15) is 4.31 Å². The summed E-state index contributed by atoms with van der Waals surface area (Å²) in [6, 6.07) is 0. The zero-order valence-electron chi connectivity index (χ0n) is 9.43. The number of sulfonamides is 1. The van der Waals surface area contributed by atoms with Gasteiger partial charge in [0.15, 0.2) is 4.60 Å². The second kappa shape index (κ2) is 5.01. The highest BCUT2D eigenvalue weighted by atomic mass is 79.9. The maximum Gasteiger partial charge on any atom is 0.263 e. The fourth-order valence-electron chi connectivity index (χ4n) is 1.78. The highest BCUT2D eigenvalue weighted by molar-refractivity contribution is 9.10. The molecule has 0 aromatic carbocycles. The Morgan fingerprint density at radius 3 is 2.76 bits per heavy atom. The second-order valence-electron chi connectivity index (χ2n) is 3.82. The summed E-state index contributed by atoms with van der Waals surface area (Å²) in [5, 5.41) is 10.7. The Bertz CT molecular complexity index is 473. The van der Waals surface area contributed by atoms with Gasteiger partial charge in [-0.15, -0.1) is 5.10 Å². The second-order valence-corrected chi connectivity index (χ2v) is 6.42. The van der Waals surface area contributed by atoms with E-state index in [-0.39, 0.29) is 9.63 Å².